The molecule has 4 nitrogen and oxygen atoms in total. The summed E-state index contributed by atoms with van der Waals surface area (Å²) >= 11 is 1.51. The van der Waals surface area contributed by atoms with Crippen molar-refractivity contribution in [2.45, 2.75) is 39.2 Å². The van der Waals surface area contributed by atoms with Crippen molar-refractivity contribution in [1.82, 2.24) is 19.9 Å². The third-order valence-corrected chi connectivity index (χ3v) is 3.90. The van der Waals surface area contributed by atoms with Crippen LogP contribution in [0.4, 0.5) is 0 Å². The summed E-state index contributed by atoms with van der Waals surface area (Å²) < 4.78 is 4.13. The number of nitrogens with zero attached hydrogens (tertiary/aromatic N) is 3. The summed E-state index contributed by atoms with van der Waals surface area (Å²) in [6.07, 6.45) is 4.62. The maximum atomic E-state index is 4.28. The molecule has 0 aliphatic heterocycles. The van der Waals surface area contributed by atoms with Crippen molar-refractivity contribution in [3.05, 3.63) is 40.7 Å². The van der Waals surface area contributed by atoms with Crippen molar-refractivity contribution in [3.63, 3.8) is 0 Å². The van der Waals surface area contributed by atoms with Crippen LogP contribution < -0.4 is 5.32 Å². The highest BCUT2D eigenvalue weighted by Crippen LogP contribution is 2.28. The Morgan fingerprint density at radius 3 is 2.63 bits per heavy atom. The molecule has 2 aromatic heterocycles. The van der Waals surface area contributed by atoms with Gasteiger partial charge in [-0.2, -0.15) is 0 Å². The summed E-state index contributed by atoms with van der Waals surface area (Å²) in [5.41, 5.74) is 2.40. The molecule has 0 saturated carbocycles. The standard InChI is InChI=1S/C14H20N4S/c1-4-16-12(9-11-5-7-15-8-6-11)14-13(10(2)3)17-18-19-14/h5-8,10,12,16H,4,9H2,1-3H3. The fourth-order valence-electron chi connectivity index (χ4n) is 2.11. The molecule has 1 unspecified atom stereocenters. The first-order valence-corrected chi connectivity index (χ1v) is 7.44. The van der Waals surface area contributed by atoms with E-state index in [0.717, 1.165) is 18.7 Å². The lowest BCUT2D eigenvalue weighted by atomic mass is 10.0. The van der Waals surface area contributed by atoms with E-state index in [4.69, 9.17) is 0 Å². The predicted molar refractivity (Wildman–Crippen MR) is 78.4 cm³/mol. The molecule has 1 atom stereocenters. The molecule has 19 heavy (non-hydrogen) atoms. The Balaban J connectivity index is 2.22. The van der Waals surface area contributed by atoms with Gasteiger partial charge in [0.1, 0.15) is 0 Å². The van der Waals surface area contributed by atoms with E-state index >= 15 is 0 Å². The minimum atomic E-state index is 0.282. The molecule has 0 spiro atoms. The Kier molecular flexibility index (Phi) is 4.99. The lowest BCUT2D eigenvalue weighted by Crippen LogP contribution is -2.23. The van der Waals surface area contributed by atoms with Crippen molar-refractivity contribution in [2.75, 3.05) is 6.54 Å². The number of rotatable bonds is 6. The summed E-state index contributed by atoms with van der Waals surface area (Å²) in [6.45, 7) is 7.39. The molecule has 5 heteroatoms. The Bertz CT molecular complexity index is 495. The second kappa shape index (κ2) is 6.73. The van der Waals surface area contributed by atoms with Crippen LogP contribution in [0.1, 0.15) is 48.9 Å². The summed E-state index contributed by atoms with van der Waals surface area (Å²) in [5, 5.41) is 7.82. The predicted octanol–water partition coefficient (Wildman–Crippen LogP) is 2.95. The summed E-state index contributed by atoms with van der Waals surface area (Å²) in [7, 11) is 0. The normalized spacial score (nSPS) is 12.8. The third kappa shape index (κ3) is 3.58. The average Bonchev–Trinajstić information content (AvgIpc) is 2.89. The fraction of sp³-hybridized carbons (Fsp3) is 0.500. The van der Waals surface area contributed by atoms with Crippen LogP contribution in [0.25, 0.3) is 0 Å². The first-order valence-electron chi connectivity index (χ1n) is 6.66. The zero-order valence-electron chi connectivity index (χ0n) is 11.6. The Labute approximate surface area is 118 Å². The number of aromatic nitrogens is 3. The Morgan fingerprint density at radius 1 is 1.26 bits per heavy atom. The average molecular weight is 276 g/mol. The molecule has 2 heterocycles. The van der Waals surface area contributed by atoms with E-state index < -0.39 is 0 Å². The van der Waals surface area contributed by atoms with Gasteiger partial charge in [0.15, 0.2) is 0 Å². The zero-order chi connectivity index (χ0) is 13.7. The molecule has 0 bridgehead atoms. The summed E-state index contributed by atoms with van der Waals surface area (Å²) in [4.78, 5) is 5.32. The van der Waals surface area contributed by atoms with Crippen molar-refractivity contribution in [3.8, 4) is 0 Å². The highest BCUT2D eigenvalue weighted by Gasteiger charge is 2.20. The monoisotopic (exact) mass is 276 g/mol. The lowest BCUT2D eigenvalue weighted by Gasteiger charge is -2.18. The van der Waals surface area contributed by atoms with Gasteiger partial charge in [-0.05, 0) is 48.1 Å². The number of hydrogen-bond acceptors (Lipinski definition) is 5. The molecule has 0 aromatic carbocycles. The van der Waals surface area contributed by atoms with Gasteiger partial charge in [0.05, 0.1) is 10.6 Å². The van der Waals surface area contributed by atoms with Gasteiger partial charge in [0.25, 0.3) is 0 Å². The second-order valence-electron chi connectivity index (χ2n) is 4.85. The van der Waals surface area contributed by atoms with Crippen molar-refractivity contribution in [2.24, 2.45) is 0 Å². The first-order chi connectivity index (χ1) is 9.22. The molecule has 0 aliphatic carbocycles. The van der Waals surface area contributed by atoms with E-state index in [1.807, 2.05) is 12.4 Å². The fourth-order valence-corrected chi connectivity index (χ4v) is 2.99. The van der Waals surface area contributed by atoms with Crippen LogP contribution in [0.2, 0.25) is 0 Å². The molecule has 2 aromatic rings. The van der Waals surface area contributed by atoms with Gasteiger partial charge < -0.3 is 5.32 Å². The summed E-state index contributed by atoms with van der Waals surface area (Å²) in [6, 6.07) is 4.41. The van der Waals surface area contributed by atoms with E-state index in [-0.39, 0.29) is 6.04 Å². The van der Waals surface area contributed by atoms with Gasteiger partial charge in [-0.15, -0.1) is 5.10 Å². The summed E-state index contributed by atoms with van der Waals surface area (Å²) in [5.74, 6) is 0.410. The smallest absolute Gasteiger partial charge is 0.0829 e. The molecule has 0 amide bonds. The molecular formula is C14H20N4S. The van der Waals surface area contributed by atoms with Gasteiger partial charge >= 0.3 is 0 Å². The number of nitrogens with one attached hydrogen (secondary N) is 1. The molecular weight excluding hydrogens is 256 g/mol. The second-order valence-corrected chi connectivity index (χ2v) is 5.63. The van der Waals surface area contributed by atoms with Gasteiger partial charge in [-0.3, -0.25) is 4.98 Å². The Hall–Kier alpha value is -1.33. The van der Waals surface area contributed by atoms with Crippen LogP contribution in [0.15, 0.2) is 24.5 Å². The van der Waals surface area contributed by atoms with Gasteiger partial charge in [-0.1, -0.05) is 25.3 Å². The van der Waals surface area contributed by atoms with Crippen LogP contribution in [0.5, 0.6) is 0 Å². The molecule has 0 aliphatic rings. The van der Waals surface area contributed by atoms with E-state index in [0.29, 0.717) is 5.92 Å². The molecule has 1 N–H and O–H groups in total. The molecule has 102 valence electrons. The third-order valence-electron chi connectivity index (χ3n) is 3.04. The molecule has 2 rings (SSSR count). The topological polar surface area (TPSA) is 50.7 Å². The first kappa shape index (κ1) is 14.1. The highest BCUT2D eigenvalue weighted by atomic mass is 32.1. The number of hydrogen-bond donors (Lipinski definition) is 1. The molecule has 0 fully saturated rings. The van der Waals surface area contributed by atoms with E-state index in [9.17, 15) is 0 Å². The van der Waals surface area contributed by atoms with E-state index in [2.05, 4.69) is 52.8 Å². The van der Waals surface area contributed by atoms with Gasteiger partial charge in [-0.25, -0.2) is 0 Å². The van der Waals surface area contributed by atoms with Crippen LogP contribution in [-0.4, -0.2) is 21.1 Å². The highest BCUT2D eigenvalue weighted by molar-refractivity contribution is 7.05. The number of pyridine rings is 1. The van der Waals surface area contributed by atoms with Crippen LogP contribution in [0, 0.1) is 0 Å². The van der Waals surface area contributed by atoms with Crippen LogP contribution in [-0.2, 0) is 6.42 Å². The van der Waals surface area contributed by atoms with Gasteiger partial charge in [0.2, 0.25) is 0 Å². The molecule has 0 radical (unpaired) electrons. The van der Waals surface area contributed by atoms with Crippen LogP contribution in [0.3, 0.4) is 0 Å². The maximum Gasteiger partial charge on any atom is 0.0829 e. The molecule has 0 saturated heterocycles. The largest absolute Gasteiger partial charge is 0.309 e. The minimum Gasteiger partial charge on any atom is -0.309 e. The van der Waals surface area contributed by atoms with Crippen molar-refractivity contribution < 1.29 is 0 Å². The lowest BCUT2D eigenvalue weighted by molar-refractivity contribution is 0.549. The Morgan fingerprint density at radius 2 is 2.00 bits per heavy atom. The van der Waals surface area contributed by atoms with E-state index in [1.165, 1.54) is 22.0 Å². The number of likely N-dealkylation sites (N-methyl/N-ethyl adjacent to an activating group) is 1. The minimum absolute atomic E-state index is 0.282. The maximum absolute atomic E-state index is 4.28. The SMILES string of the molecule is CCNC(Cc1ccncc1)c1snnc1C(C)C. The van der Waals surface area contributed by atoms with Crippen molar-refractivity contribution >= 4 is 11.5 Å². The zero-order valence-corrected chi connectivity index (χ0v) is 12.4. The van der Waals surface area contributed by atoms with E-state index in [1.54, 1.807) is 0 Å². The van der Waals surface area contributed by atoms with Gasteiger partial charge in [0, 0.05) is 18.4 Å². The van der Waals surface area contributed by atoms with Crippen molar-refractivity contribution in [1.29, 1.82) is 0 Å². The van der Waals surface area contributed by atoms with Crippen LogP contribution >= 0.6 is 11.5 Å². The quantitative estimate of drug-likeness (QED) is 0.881.